The lowest BCUT2D eigenvalue weighted by molar-refractivity contribution is -0.0737. The first-order chi connectivity index (χ1) is 30.2. The molecule has 0 N–H and O–H groups in total. The van der Waals surface area contributed by atoms with Crippen molar-refractivity contribution in [3.63, 3.8) is 0 Å². The summed E-state index contributed by atoms with van der Waals surface area (Å²) < 4.78 is 25.2. The van der Waals surface area contributed by atoms with E-state index in [0.29, 0.717) is 50.0 Å². The zero-order valence-corrected chi connectivity index (χ0v) is 41.8. The molecule has 62 heavy (non-hydrogen) atoms. The van der Waals surface area contributed by atoms with E-state index in [1.165, 1.54) is 161 Å². The van der Waals surface area contributed by atoms with Gasteiger partial charge in [0.25, 0.3) is 0 Å². The number of unbranched alkanes of at least 4 members (excludes halogenated alkanes) is 9. The molecule has 0 amide bonds. The van der Waals surface area contributed by atoms with Gasteiger partial charge in [-0.25, -0.2) is 0 Å². The minimum absolute atomic E-state index is 0.119. The highest BCUT2D eigenvalue weighted by atomic mass is 16.6. The lowest BCUT2D eigenvalue weighted by Crippen LogP contribution is -2.51. The summed E-state index contributed by atoms with van der Waals surface area (Å²) in [5, 5.41) is 0. The van der Waals surface area contributed by atoms with Gasteiger partial charge in [-0.2, -0.15) is 0 Å². The number of piperidine rings is 1. The van der Waals surface area contributed by atoms with Gasteiger partial charge in [-0.1, -0.05) is 142 Å². The molecular formula is C57H101NO4. The number of hydrogen-bond donors (Lipinski definition) is 0. The lowest BCUT2D eigenvalue weighted by Gasteiger charge is -2.58. The molecule has 9 atom stereocenters. The van der Waals surface area contributed by atoms with Crippen LogP contribution in [0.3, 0.4) is 0 Å². The van der Waals surface area contributed by atoms with Crippen LogP contribution in [0, 0.1) is 46.3 Å². The van der Waals surface area contributed by atoms with Crippen molar-refractivity contribution >= 4 is 0 Å². The van der Waals surface area contributed by atoms with Crippen molar-refractivity contribution in [3.05, 3.63) is 36.0 Å². The molecule has 5 heteroatoms. The Morgan fingerprint density at radius 3 is 2.23 bits per heavy atom. The summed E-state index contributed by atoms with van der Waals surface area (Å²) in [7, 11) is 0. The van der Waals surface area contributed by atoms with Crippen molar-refractivity contribution in [1.29, 1.82) is 0 Å². The molecule has 0 spiro atoms. The molecule has 1 heterocycles. The van der Waals surface area contributed by atoms with Crippen LogP contribution in [0.15, 0.2) is 36.0 Å². The highest BCUT2D eigenvalue weighted by molar-refractivity contribution is 5.25. The van der Waals surface area contributed by atoms with Crippen LogP contribution in [0.25, 0.3) is 0 Å². The summed E-state index contributed by atoms with van der Waals surface area (Å²) in [5.41, 5.74) is 2.68. The molecule has 5 nitrogen and oxygen atoms in total. The minimum Gasteiger partial charge on any atom is -0.379 e. The summed E-state index contributed by atoms with van der Waals surface area (Å²) in [6.45, 7) is 22.5. The Hall–Kier alpha value is -0.980. The van der Waals surface area contributed by atoms with Gasteiger partial charge in [-0.15, -0.1) is 0 Å². The Kier molecular flexibility index (Phi) is 24.3. The monoisotopic (exact) mass is 864 g/mol. The molecule has 3 saturated carbocycles. The molecule has 358 valence electrons. The minimum atomic E-state index is 0.119. The quantitative estimate of drug-likeness (QED) is 0.0498. The third kappa shape index (κ3) is 16.7. The molecule has 1 saturated heterocycles. The predicted octanol–water partition coefficient (Wildman–Crippen LogP) is 15.1. The normalized spacial score (nSPS) is 30.2. The fourth-order valence-electron chi connectivity index (χ4n) is 13.4. The van der Waals surface area contributed by atoms with E-state index in [1.807, 2.05) is 0 Å². The number of allylic oxidation sites excluding steroid dienone is 5. The molecule has 5 aliphatic rings. The van der Waals surface area contributed by atoms with Crippen molar-refractivity contribution in [2.75, 3.05) is 59.3 Å². The number of rotatable bonds is 32. The molecule has 0 aromatic carbocycles. The first-order valence-corrected chi connectivity index (χ1v) is 27.3. The Morgan fingerprint density at radius 2 is 1.45 bits per heavy atom. The third-order valence-electron chi connectivity index (χ3n) is 17.1. The van der Waals surface area contributed by atoms with Crippen molar-refractivity contribution < 1.29 is 18.9 Å². The van der Waals surface area contributed by atoms with Gasteiger partial charge >= 0.3 is 0 Å². The summed E-state index contributed by atoms with van der Waals surface area (Å²) in [6.07, 6.45) is 46.9. The maximum Gasteiger partial charge on any atom is 0.0936 e. The lowest BCUT2D eigenvalue weighted by atomic mass is 9.47. The van der Waals surface area contributed by atoms with E-state index >= 15 is 0 Å². The van der Waals surface area contributed by atoms with E-state index in [1.54, 1.807) is 5.57 Å². The summed E-state index contributed by atoms with van der Waals surface area (Å²) in [5.74, 6) is 5.37. The van der Waals surface area contributed by atoms with E-state index in [9.17, 15) is 0 Å². The highest BCUT2D eigenvalue weighted by Crippen LogP contribution is 2.67. The zero-order valence-electron chi connectivity index (χ0n) is 41.8. The maximum atomic E-state index is 6.52. The largest absolute Gasteiger partial charge is 0.379 e. The second-order valence-corrected chi connectivity index (χ2v) is 22.2. The summed E-state index contributed by atoms with van der Waals surface area (Å²) in [6, 6.07) is 0. The van der Waals surface area contributed by atoms with Gasteiger partial charge in [-0.05, 0) is 162 Å². The van der Waals surface area contributed by atoms with Gasteiger partial charge in [0.15, 0.2) is 0 Å². The second-order valence-electron chi connectivity index (χ2n) is 22.2. The van der Waals surface area contributed by atoms with Crippen LogP contribution in [0.5, 0.6) is 0 Å². The standard InChI is InChI=1S/C57H101NO4/c1-7-8-9-10-11-12-13-14-15-16-17-18-19-20-21-25-39-60-46-51(45-58-37-23-22-24-38-58)62-43-41-59-40-42-61-50-33-35-56(5)49(44-50)29-30-52-54-32-31-53(48(4)28-26-27-47(2)3)57(54,6)36-34-55(52)56/h11-12,14-15,29,47-48,50-55H,7-10,13,16-28,30-46H2,1-6H3/b12-11-,15-14-/t48-,50+,51?,52?,53-,54?,55?,56+,57-/m1/s1. The fraction of sp³-hybridized carbons (Fsp3) is 0.895. The Bertz CT molecular complexity index is 1270. The van der Waals surface area contributed by atoms with Crippen LogP contribution in [0.1, 0.15) is 208 Å². The number of likely N-dealkylation sites (tertiary alicyclic amines) is 1. The van der Waals surface area contributed by atoms with E-state index in [-0.39, 0.29) is 6.10 Å². The van der Waals surface area contributed by atoms with Crippen LogP contribution in [-0.4, -0.2) is 76.4 Å². The third-order valence-corrected chi connectivity index (χ3v) is 17.1. The highest BCUT2D eigenvalue weighted by Gasteiger charge is 2.59. The summed E-state index contributed by atoms with van der Waals surface area (Å²) >= 11 is 0. The second kappa shape index (κ2) is 28.9. The molecule has 1 aliphatic heterocycles. The fourth-order valence-corrected chi connectivity index (χ4v) is 13.4. The van der Waals surface area contributed by atoms with Crippen LogP contribution >= 0.6 is 0 Å². The molecule has 4 unspecified atom stereocenters. The molecule has 0 radical (unpaired) electrons. The average molecular weight is 864 g/mol. The Balaban J connectivity index is 0.912. The van der Waals surface area contributed by atoms with Crippen LogP contribution in [-0.2, 0) is 18.9 Å². The van der Waals surface area contributed by atoms with Crippen molar-refractivity contribution in [2.45, 2.75) is 221 Å². The van der Waals surface area contributed by atoms with Gasteiger partial charge in [0.2, 0.25) is 0 Å². The molecular weight excluding hydrogens is 763 g/mol. The molecule has 4 aliphatic carbocycles. The van der Waals surface area contributed by atoms with Gasteiger partial charge in [0, 0.05) is 13.2 Å². The van der Waals surface area contributed by atoms with Gasteiger partial charge < -0.3 is 23.8 Å². The Morgan fingerprint density at radius 1 is 0.710 bits per heavy atom. The molecule has 0 aromatic rings. The van der Waals surface area contributed by atoms with Crippen molar-refractivity contribution in [1.82, 2.24) is 4.90 Å². The average Bonchev–Trinajstić information content (AvgIpc) is 3.63. The van der Waals surface area contributed by atoms with Gasteiger partial charge in [0.05, 0.1) is 45.2 Å². The predicted molar refractivity (Wildman–Crippen MR) is 264 cm³/mol. The Labute approximate surface area is 384 Å². The van der Waals surface area contributed by atoms with E-state index < -0.39 is 0 Å². The van der Waals surface area contributed by atoms with E-state index in [4.69, 9.17) is 18.9 Å². The number of ether oxygens (including phenoxy) is 4. The number of fused-ring (bicyclic) bond motifs is 5. The van der Waals surface area contributed by atoms with Gasteiger partial charge in [-0.3, -0.25) is 0 Å². The van der Waals surface area contributed by atoms with Crippen LogP contribution in [0.2, 0.25) is 0 Å². The molecule has 4 fully saturated rings. The van der Waals surface area contributed by atoms with E-state index in [2.05, 4.69) is 76.8 Å². The van der Waals surface area contributed by atoms with Crippen molar-refractivity contribution in [2.24, 2.45) is 46.3 Å². The smallest absolute Gasteiger partial charge is 0.0936 e. The first kappa shape index (κ1) is 52.0. The first-order valence-electron chi connectivity index (χ1n) is 27.3. The zero-order chi connectivity index (χ0) is 43.9. The van der Waals surface area contributed by atoms with Crippen molar-refractivity contribution in [3.8, 4) is 0 Å². The van der Waals surface area contributed by atoms with Crippen LogP contribution < -0.4 is 0 Å². The molecule has 0 aromatic heterocycles. The van der Waals surface area contributed by atoms with E-state index in [0.717, 1.165) is 67.9 Å². The maximum absolute atomic E-state index is 6.52. The van der Waals surface area contributed by atoms with Crippen LogP contribution in [0.4, 0.5) is 0 Å². The summed E-state index contributed by atoms with van der Waals surface area (Å²) in [4.78, 5) is 2.58. The number of hydrogen-bond acceptors (Lipinski definition) is 5. The molecule has 0 bridgehead atoms. The number of nitrogens with zero attached hydrogens (tertiary/aromatic N) is 1. The molecule has 5 rings (SSSR count). The van der Waals surface area contributed by atoms with Gasteiger partial charge in [0.1, 0.15) is 0 Å². The SMILES string of the molecule is CCCCC/C=C\C/C=C\CCCCCCCCOCC(CN1CCCCC1)OCCOCCO[C@H]1CC[C@@]2(C)C(=CCC3C2CC[C@@]2(C)C3CC[C@@H]2[C@H](C)CCCC(C)C)C1. The topological polar surface area (TPSA) is 40.2 Å².